The number of likely N-dealkylation sites (tertiary alicyclic amines) is 1. The first-order chi connectivity index (χ1) is 13.7. The number of para-hydroxylation sites is 2. The molecule has 1 heterocycles. The fourth-order valence-electron chi connectivity index (χ4n) is 3.55. The molecule has 1 atom stereocenters. The molecular weight excluding hydrogens is 376 g/mol. The maximum Gasteiger partial charge on any atom is 0.258 e. The Hall–Kier alpha value is -2.24. The summed E-state index contributed by atoms with van der Waals surface area (Å²) in [7, 11) is 1.58. The molecule has 2 aromatic carbocycles. The van der Waals surface area contributed by atoms with Crippen LogP contribution in [-0.2, 0) is 4.79 Å². The van der Waals surface area contributed by atoms with Crippen LogP contribution in [0.3, 0.4) is 0 Å². The van der Waals surface area contributed by atoms with Crippen molar-refractivity contribution in [3.8, 4) is 11.5 Å². The van der Waals surface area contributed by atoms with Crippen LogP contribution in [0.4, 0.5) is 0 Å². The second kappa shape index (κ2) is 10.3. The summed E-state index contributed by atoms with van der Waals surface area (Å²) < 4.78 is 10.9. The maximum absolute atomic E-state index is 12.4. The van der Waals surface area contributed by atoms with Crippen LogP contribution < -0.4 is 14.8 Å². The first kappa shape index (κ1) is 20.5. The minimum Gasteiger partial charge on any atom is -0.493 e. The van der Waals surface area contributed by atoms with Gasteiger partial charge in [0.2, 0.25) is 0 Å². The number of piperidine rings is 1. The summed E-state index contributed by atoms with van der Waals surface area (Å²) >= 11 is 6.45. The predicted molar refractivity (Wildman–Crippen MR) is 111 cm³/mol. The number of hydrogen-bond donors (Lipinski definition) is 1. The van der Waals surface area contributed by atoms with Crippen LogP contribution in [0.2, 0.25) is 5.02 Å². The Balaban J connectivity index is 1.61. The monoisotopic (exact) mass is 402 g/mol. The van der Waals surface area contributed by atoms with Gasteiger partial charge in [0.25, 0.3) is 5.91 Å². The molecule has 0 radical (unpaired) electrons. The third-order valence-corrected chi connectivity index (χ3v) is 5.36. The average molecular weight is 403 g/mol. The van der Waals surface area contributed by atoms with Crippen LogP contribution in [0.15, 0.2) is 48.5 Å². The van der Waals surface area contributed by atoms with Crippen molar-refractivity contribution in [2.75, 3.05) is 33.4 Å². The Bertz CT molecular complexity index is 778. The zero-order chi connectivity index (χ0) is 19.8. The zero-order valence-corrected chi connectivity index (χ0v) is 17.0. The minimum absolute atomic E-state index is 0.0595. The van der Waals surface area contributed by atoms with Gasteiger partial charge in [-0.2, -0.15) is 0 Å². The molecule has 150 valence electrons. The molecule has 0 aromatic heterocycles. The van der Waals surface area contributed by atoms with Crippen molar-refractivity contribution in [2.45, 2.75) is 25.3 Å². The second-order valence-corrected chi connectivity index (χ2v) is 7.28. The standard InChI is InChI=1S/C22H27ClN2O3/c1-27-20-11-5-6-12-21(20)28-16-22(26)24-15-19(25-13-7-2-8-14-25)17-9-3-4-10-18(17)23/h3-6,9-12,19H,2,7-8,13-16H2,1H3,(H,24,26)/t19-/m0/s1. The Morgan fingerprint density at radius 1 is 1.07 bits per heavy atom. The van der Waals surface area contributed by atoms with E-state index in [1.165, 1.54) is 19.3 Å². The second-order valence-electron chi connectivity index (χ2n) is 6.88. The smallest absolute Gasteiger partial charge is 0.258 e. The van der Waals surface area contributed by atoms with E-state index >= 15 is 0 Å². The van der Waals surface area contributed by atoms with E-state index in [4.69, 9.17) is 21.1 Å². The number of nitrogens with zero attached hydrogens (tertiary/aromatic N) is 1. The number of nitrogens with one attached hydrogen (secondary N) is 1. The average Bonchev–Trinajstić information content (AvgIpc) is 2.74. The fourth-order valence-corrected chi connectivity index (χ4v) is 3.82. The third kappa shape index (κ3) is 5.40. The molecular formula is C22H27ClN2O3. The lowest BCUT2D eigenvalue weighted by Crippen LogP contribution is -2.41. The van der Waals surface area contributed by atoms with E-state index in [2.05, 4.69) is 10.2 Å². The Kier molecular flexibility index (Phi) is 7.57. The van der Waals surface area contributed by atoms with Crippen LogP contribution in [0.5, 0.6) is 11.5 Å². The first-order valence-corrected chi connectivity index (χ1v) is 10.1. The molecule has 0 bridgehead atoms. The molecule has 0 spiro atoms. The van der Waals surface area contributed by atoms with Gasteiger partial charge >= 0.3 is 0 Å². The van der Waals surface area contributed by atoms with Gasteiger partial charge in [0, 0.05) is 11.6 Å². The summed E-state index contributed by atoms with van der Waals surface area (Å²) in [5.41, 5.74) is 1.05. The number of ether oxygens (including phenoxy) is 2. The maximum atomic E-state index is 12.4. The van der Waals surface area contributed by atoms with Crippen molar-refractivity contribution in [1.82, 2.24) is 10.2 Å². The molecule has 1 fully saturated rings. The first-order valence-electron chi connectivity index (χ1n) is 9.70. The van der Waals surface area contributed by atoms with Crippen molar-refractivity contribution in [3.63, 3.8) is 0 Å². The van der Waals surface area contributed by atoms with E-state index in [1.807, 2.05) is 36.4 Å². The van der Waals surface area contributed by atoms with E-state index in [1.54, 1.807) is 19.2 Å². The van der Waals surface area contributed by atoms with Crippen LogP contribution in [0, 0.1) is 0 Å². The molecule has 2 aromatic rings. The highest BCUT2D eigenvalue weighted by Crippen LogP contribution is 2.29. The van der Waals surface area contributed by atoms with Gasteiger partial charge in [-0.05, 0) is 49.7 Å². The number of benzene rings is 2. The van der Waals surface area contributed by atoms with Gasteiger partial charge in [0.1, 0.15) is 0 Å². The van der Waals surface area contributed by atoms with Crippen molar-refractivity contribution in [2.24, 2.45) is 0 Å². The molecule has 28 heavy (non-hydrogen) atoms. The Morgan fingerprint density at radius 2 is 1.75 bits per heavy atom. The van der Waals surface area contributed by atoms with Crippen molar-refractivity contribution in [3.05, 3.63) is 59.1 Å². The SMILES string of the molecule is COc1ccccc1OCC(=O)NC[C@@H](c1ccccc1Cl)N1CCCCC1. The van der Waals surface area contributed by atoms with E-state index in [0.29, 0.717) is 18.0 Å². The molecule has 3 rings (SSSR count). The lowest BCUT2D eigenvalue weighted by molar-refractivity contribution is -0.123. The molecule has 6 heteroatoms. The van der Waals surface area contributed by atoms with Crippen molar-refractivity contribution >= 4 is 17.5 Å². The van der Waals surface area contributed by atoms with Gasteiger partial charge in [-0.15, -0.1) is 0 Å². The van der Waals surface area contributed by atoms with Crippen LogP contribution in [0.1, 0.15) is 30.9 Å². The van der Waals surface area contributed by atoms with Gasteiger partial charge in [0.15, 0.2) is 18.1 Å². The van der Waals surface area contributed by atoms with E-state index in [0.717, 1.165) is 23.7 Å². The molecule has 1 amide bonds. The number of hydrogen-bond acceptors (Lipinski definition) is 4. The normalized spacial score (nSPS) is 15.6. The van der Waals surface area contributed by atoms with E-state index < -0.39 is 0 Å². The molecule has 0 aliphatic carbocycles. The molecule has 1 aliphatic rings. The van der Waals surface area contributed by atoms with Crippen LogP contribution >= 0.6 is 11.6 Å². The fraction of sp³-hybridized carbons (Fsp3) is 0.409. The summed E-state index contributed by atoms with van der Waals surface area (Å²) in [6.45, 7) is 2.47. The number of methoxy groups -OCH3 is 1. The van der Waals surface area contributed by atoms with Crippen LogP contribution in [0.25, 0.3) is 0 Å². The third-order valence-electron chi connectivity index (χ3n) is 5.02. The van der Waals surface area contributed by atoms with Gasteiger partial charge in [-0.25, -0.2) is 0 Å². The highest BCUT2D eigenvalue weighted by Gasteiger charge is 2.24. The summed E-state index contributed by atoms with van der Waals surface area (Å²) in [5, 5.41) is 3.74. The van der Waals surface area contributed by atoms with Gasteiger partial charge in [0.05, 0.1) is 13.2 Å². The summed E-state index contributed by atoms with van der Waals surface area (Å²) in [5.74, 6) is 0.997. The van der Waals surface area contributed by atoms with Crippen molar-refractivity contribution in [1.29, 1.82) is 0 Å². The number of rotatable bonds is 8. The lowest BCUT2D eigenvalue weighted by atomic mass is 10.0. The van der Waals surface area contributed by atoms with Gasteiger partial charge < -0.3 is 14.8 Å². The molecule has 1 saturated heterocycles. The minimum atomic E-state index is -0.167. The van der Waals surface area contributed by atoms with Gasteiger partial charge in [-0.1, -0.05) is 48.4 Å². The quantitative estimate of drug-likeness (QED) is 0.723. The number of carbonyl (C=O) groups is 1. The van der Waals surface area contributed by atoms with Crippen molar-refractivity contribution < 1.29 is 14.3 Å². The summed E-state index contributed by atoms with van der Waals surface area (Å²) in [4.78, 5) is 14.8. The molecule has 1 aliphatic heterocycles. The van der Waals surface area contributed by atoms with Gasteiger partial charge in [-0.3, -0.25) is 9.69 Å². The molecule has 0 unspecified atom stereocenters. The number of carbonyl (C=O) groups excluding carboxylic acids is 1. The van der Waals surface area contributed by atoms with E-state index in [-0.39, 0.29) is 18.6 Å². The summed E-state index contributed by atoms with van der Waals surface area (Å²) in [6.07, 6.45) is 3.60. The number of amides is 1. The zero-order valence-electron chi connectivity index (χ0n) is 16.2. The number of halogens is 1. The van der Waals surface area contributed by atoms with Crippen LogP contribution in [-0.4, -0.2) is 44.2 Å². The molecule has 0 saturated carbocycles. The molecule has 1 N–H and O–H groups in total. The highest BCUT2D eigenvalue weighted by molar-refractivity contribution is 6.31. The highest BCUT2D eigenvalue weighted by atomic mass is 35.5. The predicted octanol–water partition coefficient (Wildman–Crippen LogP) is 4.07. The Labute approximate surface area is 171 Å². The Morgan fingerprint density at radius 3 is 2.46 bits per heavy atom. The lowest BCUT2D eigenvalue weighted by Gasteiger charge is -2.35. The largest absolute Gasteiger partial charge is 0.493 e. The van der Waals surface area contributed by atoms with E-state index in [9.17, 15) is 4.79 Å². The summed E-state index contributed by atoms with van der Waals surface area (Å²) in [6, 6.07) is 15.2. The topological polar surface area (TPSA) is 50.8 Å². The molecule has 5 nitrogen and oxygen atoms in total.